The number of fused-ring (bicyclic) bond motifs is 1. The van der Waals surface area contributed by atoms with Crippen molar-refractivity contribution in [2.24, 2.45) is 0 Å². The molecule has 0 aliphatic carbocycles. The zero-order valence-electron chi connectivity index (χ0n) is 8.79. The third-order valence-corrected chi connectivity index (χ3v) is 2.98. The van der Waals surface area contributed by atoms with Crippen LogP contribution in [0.25, 0.3) is 0 Å². The molecular formula is C12H13NO2. The van der Waals surface area contributed by atoms with E-state index >= 15 is 0 Å². The van der Waals surface area contributed by atoms with Crippen LogP contribution in [0.4, 0.5) is 5.69 Å². The third-order valence-electron chi connectivity index (χ3n) is 2.98. The summed E-state index contributed by atoms with van der Waals surface area (Å²) in [6.07, 6.45) is 0. The Labute approximate surface area is 88.4 Å². The number of anilines is 1. The first-order chi connectivity index (χ1) is 6.93. The lowest BCUT2D eigenvalue weighted by Gasteiger charge is -2.19. The van der Waals surface area contributed by atoms with Gasteiger partial charge in [0.1, 0.15) is 0 Å². The van der Waals surface area contributed by atoms with Crippen molar-refractivity contribution < 1.29 is 9.90 Å². The number of aromatic carboxylic acids is 1. The summed E-state index contributed by atoms with van der Waals surface area (Å²) in [5, 5.41) is 12.1. The summed E-state index contributed by atoms with van der Waals surface area (Å²) in [5.41, 5.74) is 2.96. The Kier molecular flexibility index (Phi) is 1.86. The molecule has 0 amide bonds. The molecule has 1 aromatic carbocycles. The quantitative estimate of drug-likeness (QED) is 0.737. The van der Waals surface area contributed by atoms with E-state index in [9.17, 15) is 4.79 Å². The molecule has 1 aliphatic heterocycles. The van der Waals surface area contributed by atoms with Crippen LogP contribution in [0.3, 0.4) is 0 Å². The zero-order chi connectivity index (χ0) is 11.2. The van der Waals surface area contributed by atoms with Crippen LogP contribution in [-0.2, 0) is 5.41 Å². The first-order valence-corrected chi connectivity index (χ1v) is 4.77. The lowest BCUT2D eigenvalue weighted by atomic mass is 9.84. The number of benzene rings is 1. The second kappa shape index (κ2) is 2.86. The summed E-state index contributed by atoms with van der Waals surface area (Å²) in [4.78, 5) is 10.9. The van der Waals surface area contributed by atoms with Crippen molar-refractivity contribution >= 4 is 11.7 Å². The Morgan fingerprint density at radius 3 is 2.73 bits per heavy atom. The van der Waals surface area contributed by atoms with E-state index < -0.39 is 5.97 Å². The van der Waals surface area contributed by atoms with E-state index in [1.807, 2.05) is 13.8 Å². The second-order valence-electron chi connectivity index (χ2n) is 4.29. The number of carboxylic acid groups (broad SMARTS) is 1. The standard InChI is InChI=1S/C12H13NO2/c1-7-12(2,3)9-6-8(11(14)15)4-5-10(9)13-7/h4-6,13H,1H2,2-3H3,(H,14,15). The van der Waals surface area contributed by atoms with Crippen LogP contribution in [0.15, 0.2) is 30.5 Å². The third kappa shape index (κ3) is 1.31. The van der Waals surface area contributed by atoms with Gasteiger partial charge in [0.15, 0.2) is 0 Å². The van der Waals surface area contributed by atoms with Crippen LogP contribution < -0.4 is 5.32 Å². The number of hydrogen-bond acceptors (Lipinski definition) is 2. The molecule has 1 aromatic rings. The fourth-order valence-corrected chi connectivity index (χ4v) is 1.78. The average molecular weight is 203 g/mol. The van der Waals surface area contributed by atoms with Crippen LogP contribution >= 0.6 is 0 Å². The van der Waals surface area contributed by atoms with Crippen molar-refractivity contribution in [3.05, 3.63) is 41.6 Å². The highest BCUT2D eigenvalue weighted by Crippen LogP contribution is 2.42. The molecule has 15 heavy (non-hydrogen) atoms. The van der Waals surface area contributed by atoms with E-state index in [-0.39, 0.29) is 5.41 Å². The predicted octanol–water partition coefficient (Wildman–Crippen LogP) is 2.60. The number of carboxylic acids is 1. The SMILES string of the molecule is C=C1Nc2ccc(C(=O)O)cc2C1(C)C. The van der Waals surface area contributed by atoms with Gasteiger partial charge in [-0.25, -0.2) is 4.79 Å². The highest BCUT2D eigenvalue weighted by molar-refractivity contribution is 5.89. The molecule has 1 aliphatic rings. The van der Waals surface area contributed by atoms with Gasteiger partial charge in [-0.05, 0) is 23.8 Å². The minimum Gasteiger partial charge on any atom is -0.478 e. The minimum atomic E-state index is -0.897. The monoisotopic (exact) mass is 203 g/mol. The maximum absolute atomic E-state index is 10.9. The maximum Gasteiger partial charge on any atom is 0.335 e. The van der Waals surface area contributed by atoms with E-state index in [0.717, 1.165) is 16.9 Å². The summed E-state index contributed by atoms with van der Waals surface area (Å²) in [6.45, 7) is 7.99. The van der Waals surface area contributed by atoms with Crippen LogP contribution in [0.2, 0.25) is 0 Å². The zero-order valence-corrected chi connectivity index (χ0v) is 8.79. The van der Waals surface area contributed by atoms with Crippen LogP contribution in [0.1, 0.15) is 29.8 Å². The van der Waals surface area contributed by atoms with Crippen molar-refractivity contribution in [3.8, 4) is 0 Å². The number of carbonyl (C=O) groups is 1. The van der Waals surface area contributed by atoms with Gasteiger partial charge in [-0.3, -0.25) is 0 Å². The van der Waals surface area contributed by atoms with Gasteiger partial charge in [-0.15, -0.1) is 0 Å². The summed E-state index contributed by atoms with van der Waals surface area (Å²) >= 11 is 0. The first kappa shape index (κ1) is 9.77. The molecule has 0 aromatic heterocycles. The normalized spacial score (nSPS) is 17.1. The average Bonchev–Trinajstić information content (AvgIpc) is 2.38. The van der Waals surface area contributed by atoms with Crippen molar-refractivity contribution in [1.29, 1.82) is 0 Å². The smallest absolute Gasteiger partial charge is 0.335 e. The highest BCUT2D eigenvalue weighted by Gasteiger charge is 2.33. The highest BCUT2D eigenvalue weighted by atomic mass is 16.4. The summed E-state index contributed by atoms with van der Waals surface area (Å²) < 4.78 is 0. The largest absolute Gasteiger partial charge is 0.478 e. The van der Waals surface area contributed by atoms with Crippen molar-refractivity contribution in [1.82, 2.24) is 0 Å². The van der Waals surface area contributed by atoms with Gasteiger partial charge < -0.3 is 10.4 Å². The maximum atomic E-state index is 10.9. The van der Waals surface area contributed by atoms with Gasteiger partial charge in [0.25, 0.3) is 0 Å². The molecule has 3 nitrogen and oxygen atoms in total. The number of allylic oxidation sites excluding steroid dienone is 1. The molecule has 0 saturated heterocycles. The lowest BCUT2D eigenvalue weighted by Crippen LogP contribution is -2.16. The summed E-state index contributed by atoms with van der Waals surface area (Å²) in [6, 6.07) is 5.10. The molecule has 0 saturated carbocycles. The molecule has 0 fully saturated rings. The minimum absolute atomic E-state index is 0.208. The summed E-state index contributed by atoms with van der Waals surface area (Å²) in [5.74, 6) is -0.897. The predicted molar refractivity (Wildman–Crippen MR) is 59.2 cm³/mol. The molecule has 0 spiro atoms. The number of rotatable bonds is 1. The molecule has 2 N–H and O–H groups in total. The Morgan fingerprint density at radius 1 is 1.47 bits per heavy atom. The molecule has 2 rings (SSSR count). The fourth-order valence-electron chi connectivity index (χ4n) is 1.78. The van der Waals surface area contributed by atoms with E-state index in [1.54, 1.807) is 18.2 Å². The molecule has 0 bridgehead atoms. The van der Waals surface area contributed by atoms with Crippen molar-refractivity contribution in [3.63, 3.8) is 0 Å². The molecule has 0 atom stereocenters. The lowest BCUT2D eigenvalue weighted by molar-refractivity contribution is 0.0697. The molecule has 3 heteroatoms. The van der Waals surface area contributed by atoms with E-state index in [1.165, 1.54) is 0 Å². The van der Waals surface area contributed by atoms with Gasteiger partial charge in [0.2, 0.25) is 0 Å². The second-order valence-corrected chi connectivity index (χ2v) is 4.29. The van der Waals surface area contributed by atoms with Crippen LogP contribution in [0.5, 0.6) is 0 Å². The summed E-state index contributed by atoms with van der Waals surface area (Å²) in [7, 11) is 0. The van der Waals surface area contributed by atoms with Crippen LogP contribution in [-0.4, -0.2) is 11.1 Å². The van der Waals surface area contributed by atoms with Crippen LogP contribution in [0, 0.1) is 0 Å². The first-order valence-electron chi connectivity index (χ1n) is 4.77. The van der Waals surface area contributed by atoms with Gasteiger partial charge in [-0.1, -0.05) is 20.4 Å². The molecule has 1 heterocycles. The Bertz CT molecular complexity index is 461. The Morgan fingerprint density at radius 2 is 2.13 bits per heavy atom. The Hall–Kier alpha value is -1.77. The Balaban J connectivity index is 2.59. The molecule has 0 radical (unpaired) electrons. The molecular weight excluding hydrogens is 190 g/mol. The number of hydrogen-bond donors (Lipinski definition) is 2. The van der Waals surface area contributed by atoms with Gasteiger partial charge in [-0.2, -0.15) is 0 Å². The molecule has 78 valence electrons. The van der Waals surface area contributed by atoms with E-state index in [4.69, 9.17) is 5.11 Å². The van der Waals surface area contributed by atoms with Crippen molar-refractivity contribution in [2.45, 2.75) is 19.3 Å². The van der Waals surface area contributed by atoms with Gasteiger partial charge >= 0.3 is 5.97 Å². The molecule has 0 unspecified atom stereocenters. The fraction of sp³-hybridized carbons (Fsp3) is 0.250. The van der Waals surface area contributed by atoms with E-state index in [2.05, 4.69) is 11.9 Å². The van der Waals surface area contributed by atoms with E-state index in [0.29, 0.717) is 5.56 Å². The van der Waals surface area contributed by atoms with Crippen molar-refractivity contribution in [2.75, 3.05) is 5.32 Å². The topological polar surface area (TPSA) is 49.3 Å². The van der Waals surface area contributed by atoms with Gasteiger partial charge in [0, 0.05) is 16.8 Å². The van der Waals surface area contributed by atoms with Gasteiger partial charge in [0.05, 0.1) is 5.56 Å². The number of nitrogens with one attached hydrogen (secondary N) is 1.